The van der Waals surface area contributed by atoms with Crippen LogP contribution in [0.5, 0.6) is 0 Å². The maximum absolute atomic E-state index is 12.4. The number of carbonyl (C=O) groups is 1. The summed E-state index contributed by atoms with van der Waals surface area (Å²) in [5.41, 5.74) is -0.205. The molecule has 0 amide bonds. The van der Waals surface area contributed by atoms with E-state index in [2.05, 4.69) is 0 Å². The van der Waals surface area contributed by atoms with Gasteiger partial charge < -0.3 is 5.11 Å². The van der Waals surface area contributed by atoms with Crippen molar-refractivity contribution >= 4 is 25.8 Å². The smallest absolute Gasteiger partial charge is 0.318 e. The summed E-state index contributed by atoms with van der Waals surface area (Å²) >= 11 is 0. The minimum Gasteiger partial charge on any atom is -0.480 e. The Labute approximate surface area is 126 Å². The third kappa shape index (κ3) is 5.91. The van der Waals surface area contributed by atoms with Gasteiger partial charge in [-0.05, 0) is 18.3 Å². The fourth-order valence-corrected chi connectivity index (χ4v) is 6.01. The summed E-state index contributed by atoms with van der Waals surface area (Å²) in [5, 5.41) is 8.91. The van der Waals surface area contributed by atoms with Gasteiger partial charge in [0.25, 0.3) is 0 Å². The van der Waals surface area contributed by atoms with Crippen molar-refractivity contribution in [2.75, 3.05) is 23.8 Å². The van der Waals surface area contributed by atoms with Gasteiger partial charge in [-0.2, -0.15) is 4.31 Å². The van der Waals surface area contributed by atoms with Crippen LogP contribution in [0, 0.1) is 5.41 Å². The van der Waals surface area contributed by atoms with Crippen LogP contribution in [0.1, 0.15) is 33.6 Å². The summed E-state index contributed by atoms with van der Waals surface area (Å²) in [7, 11) is -7.08. The second-order valence-electron chi connectivity index (χ2n) is 6.62. The lowest BCUT2D eigenvalue weighted by molar-refractivity contribution is -0.137. The van der Waals surface area contributed by atoms with Gasteiger partial charge in [-0.3, -0.25) is 4.79 Å². The van der Waals surface area contributed by atoms with E-state index in [0.29, 0.717) is 6.42 Å². The van der Waals surface area contributed by atoms with Gasteiger partial charge in [0.05, 0.1) is 17.3 Å². The molecule has 124 valence electrons. The first-order valence-corrected chi connectivity index (χ1v) is 10.2. The first kappa shape index (κ1) is 18.4. The number of carboxylic acids is 1. The van der Waals surface area contributed by atoms with E-state index in [4.69, 9.17) is 5.11 Å². The summed E-state index contributed by atoms with van der Waals surface area (Å²) < 4.78 is 48.6. The van der Waals surface area contributed by atoms with Gasteiger partial charge >= 0.3 is 5.97 Å². The maximum Gasteiger partial charge on any atom is 0.318 e. The molecule has 0 aromatic rings. The Bertz CT molecular complexity index is 588. The highest BCUT2D eigenvalue weighted by molar-refractivity contribution is 7.92. The molecule has 0 bridgehead atoms. The standard InChI is InChI=1S/C12H23NO6S2/c1-12(2,3)5-7-21(18,19)13(8-11(14)15)10-4-6-20(16,17)9-10/h10H,4-9H2,1-3H3,(H,14,15). The summed E-state index contributed by atoms with van der Waals surface area (Å²) in [6.07, 6.45) is 0.537. The molecule has 1 N–H and O–H groups in total. The summed E-state index contributed by atoms with van der Waals surface area (Å²) in [5.74, 6) is -1.85. The molecule has 0 aromatic carbocycles. The second kappa shape index (κ2) is 6.21. The fraction of sp³-hybridized carbons (Fsp3) is 0.917. The van der Waals surface area contributed by atoms with Crippen molar-refractivity contribution in [2.45, 2.75) is 39.7 Å². The fourth-order valence-electron chi connectivity index (χ4n) is 2.14. The maximum atomic E-state index is 12.4. The number of hydrogen-bond donors (Lipinski definition) is 1. The van der Waals surface area contributed by atoms with Crippen LogP contribution in [-0.2, 0) is 24.7 Å². The summed E-state index contributed by atoms with van der Waals surface area (Å²) in [6.45, 7) is 4.99. The van der Waals surface area contributed by atoms with E-state index in [9.17, 15) is 21.6 Å². The molecule has 1 aliphatic rings. The lowest BCUT2D eigenvalue weighted by Crippen LogP contribution is -2.45. The van der Waals surface area contributed by atoms with Crippen LogP contribution < -0.4 is 0 Å². The molecule has 1 atom stereocenters. The van der Waals surface area contributed by atoms with E-state index in [0.717, 1.165) is 4.31 Å². The summed E-state index contributed by atoms with van der Waals surface area (Å²) in [4.78, 5) is 10.9. The van der Waals surface area contributed by atoms with E-state index in [1.165, 1.54) is 0 Å². The lowest BCUT2D eigenvalue weighted by atomic mass is 9.94. The van der Waals surface area contributed by atoms with Gasteiger partial charge in [0.15, 0.2) is 9.84 Å². The number of sulfonamides is 1. The molecule has 0 radical (unpaired) electrons. The molecular weight excluding hydrogens is 318 g/mol. The zero-order chi connectivity index (χ0) is 16.5. The predicted octanol–water partition coefficient (Wildman–Crippen LogP) is 0.326. The molecule has 9 heteroatoms. The molecular formula is C12H23NO6S2. The van der Waals surface area contributed by atoms with E-state index >= 15 is 0 Å². The van der Waals surface area contributed by atoms with Gasteiger partial charge in [-0.15, -0.1) is 0 Å². The number of aliphatic carboxylic acids is 1. The van der Waals surface area contributed by atoms with Crippen molar-refractivity contribution in [3.05, 3.63) is 0 Å². The highest BCUT2D eigenvalue weighted by Gasteiger charge is 2.39. The Morgan fingerprint density at radius 3 is 2.29 bits per heavy atom. The molecule has 1 saturated heterocycles. The molecule has 1 heterocycles. The first-order chi connectivity index (χ1) is 9.32. The van der Waals surface area contributed by atoms with Crippen LogP contribution in [0.25, 0.3) is 0 Å². The number of hydrogen-bond acceptors (Lipinski definition) is 5. The van der Waals surface area contributed by atoms with Gasteiger partial charge in [-0.1, -0.05) is 20.8 Å². The van der Waals surface area contributed by atoms with Crippen LogP contribution in [-0.4, -0.2) is 62.1 Å². The molecule has 1 fully saturated rings. The van der Waals surface area contributed by atoms with Crippen LogP contribution in [0.3, 0.4) is 0 Å². The molecule has 1 unspecified atom stereocenters. The topological polar surface area (TPSA) is 109 Å². The Morgan fingerprint density at radius 1 is 1.33 bits per heavy atom. The average molecular weight is 341 g/mol. The van der Waals surface area contributed by atoms with Crippen LogP contribution >= 0.6 is 0 Å². The first-order valence-electron chi connectivity index (χ1n) is 6.74. The van der Waals surface area contributed by atoms with E-state index < -0.39 is 38.4 Å². The van der Waals surface area contributed by atoms with Gasteiger partial charge in [-0.25, -0.2) is 16.8 Å². The monoisotopic (exact) mass is 341 g/mol. The zero-order valence-electron chi connectivity index (χ0n) is 12.6. The van der Waals surface area contributed by atoms with Crippen LogP contribution in [0.2, 0.25) is 0 Å². The van der Waals surface area contributed by atoms with Crippen molar-refractivity contribution < 1.29 is 26.7 Å². The molecule has 0 spiro atoms. The molecule has 0 saturated carbocycles. The SMILES string of the molecule is CC(C)(C)CCS(=O)(=O)N(CC(=O)O)C1CCS(=O)(=O)C1. The van der Waals surface area contributed by atoms with Crippen molar-refractivity contribution in [3.8, 4) is 0 Å². The number of nitrogens with zero attached hydrogens (tertiary/aromatic N) is 1. The minimum absolute atomic E-state index is 0.0947. The number of sulfone groups is 1. The van der Waals surface area contributed by atoms with Crippen molar-refractivity contribution in [1.29, 1.82) is 0 Å². The third-order valence-corrected chi connectivity index (χ3v) is 6.99. The molecule has 7 nitrogen and oxygen atoms in total. The van der Waals surface area contributed by atoms with Gasteiger partial charge in [0.1, 0.15) is 6.54 Å². The molecule has 0 aromatic heterocycles. The van der Waals surface area contributed by atoms with E-state index in [-0.39, 0.29) is 29.1 Å². The Balaban J connectivity index is 2.94. The van der Waals surface area contributed by atoms with E-state index in [1.54, 1.807) is 0 Å². The Kier molecular flexibility index (Phi) is 5.44. The molecule has 0 aliphatic carbocycles. The Morgan fingerprint density at radius 2 is 1.90 bits per heavy atom. The van der Waals surface area contributed by atoms with Crippen molar-refractivity contribution in [3.63, 3.8) is 0 Å². The zero-order valence-corrected chi connectivity index (χ0v) is 14.2. The van der Waals surface area contributed by atoms with Gasteiger partial charge in [0, 0.05) is 6.04 Å². The Hall–Kier alpha value is -0.670. The molecule has 21 heavy (non-hydrogen) atoms. The highest BCUT2D eigenvalue weighted by Crippen LogP contribution is 2.24. The van der Waals surface area contributed by atoms with Crippen molar-refractivity contribution in [1.82, 2.24) is 4.31 Å². The third-order valence-electron chi connectivity index (χ3n) is 3.37. The van der Waals surface area contributed by atoms with Crippen molar-refractivity contribution in [2.24, 2.45) is 5.41 Å². The van der Waals surface area contributed by atoms with Gasteiger partial charge in [0.2, 0.25) is 10.0 Å². The van der Waals surface area contributed by atoms with Crippen LogP contribution in [0.4, 0.5) is 0 Å². The van der Waals surface area contributed by atoms with E-state index in [1.807, 2.05) is 20.8 Å². The molecule has 1 aliphatic heterocycles. The van der Waals surface area contributed by atoms with Crippen LogP contribution in [0.15, 0.2) is 0 Å². The summed E-state index contributed by atoms with van der Waals surface area (Å²) in [6, 6.07) is -0.768. The number of rotatable bonds is 6. The molecule has 1 rings (SSSR count). The predicted molar refractivity (Wildman–Crippen MR) is 79.3 cm³/mol. The second-order valence-corrected chi connectivity index (χ2v) is 10.9. The quantitative estimate of drug-likeness (QED) is 0.745. The average Bonchev–Trinajstić information content (AvgIpc) is 2.62. The minimum atomic E-state index is -3.80. The normalized spacial score (nSPS) is 22.6. The lowest BCUT2D eigenvalue weighted by Gasteiger charge is -2.27. The largest absolute Gasteiger partial charge is 0.480 e. The number of carboxylic acid groups (broad SMARTS) is 1. The highest BCUT2D eigenvalue weighted by atomic mass is 32.2.